The molecule has 0 N–H and O–H groups in total. The summed E-state index contributed by atoms with van der Waals surface area (Å²) in [5.74, 6) is 0. The van der Waals surface area contributed by atoms with Gasteiger partial charge < -0.3 is 14.3 Å². The standard InChI is InChI=1S/C15H19NO2/c1-16-14(11-13-7-3-2-4-8-13)12-18-15-9-5-6-10-17-15/h2-4,7-8,14-15H,5-6,9-12H2. The molecule has 2 atom stereocenters. The molecule has 1 aliphatic rings. The molecule has 0 amide bonds. The minimum atomic E-state index is -0.113. The average molecular weight is 245 g/mol. The third kappa shape index (κ3) is 4.14. The van der Waals surface area contributed by atoms with E-state index < -0.39 is 0 Å². The maximum atomic E-state index is 7.23. The highest BCUT2D eigenvalue weighted by molar-refractivity contribution is 5.16. The topological polar surface area (TPSA) is 22.8 Å². The summed E-state index contributed by atoms with van der Waals surface area (Å²) >= 11 is 0. The van der Waals surface area contributed by atoms with E-state index in [1.807, 2.05) is 18.2 Å². The molecule has 2 rings (SSSR count). The Bertz CT molecular complexity index is 379. The lowest BCUT2D eigenvalue weighted by Gasteiger charge is -2.22. The van der Waals surface area contributed by atoms with Crippen molar-refractivity contribution in [2.24, 2.45) is 0 Å². The second-order valence-electron chi connectivity index (χ2n) is 4.60. The molecule has 1 heterocycles. The molecule has 0 saturated carbocycles. The number of hydrogen-bond donors (Lipinski definition) is 0. The smallest absolute Gasteiger partial charge is 0.250 e. The van der Waals surface area contributed by atoms with E-state index in [1.165, 1.54) is 5.56 Å². The van der Waals surface area contributed by atoms with Gasteiger partial charge in [0.1, 0.15) is 6.61 Å². The summed E-state index contributed by atoms with van der Waals surface area (Å²) in [6.45, 7) is 8.48. The minimum Gasteiger partial charge on any atom is -0.353 e. The quantitative estimate of drug-likeness (QED) is 0.744. The average Bonchev–Trinajstić information content (AvgIpc) is 2.45. The second kappa shape index (κ2) is 7.15. The van der Waals surface area contributed by atoms with Crippen LogP contribution in [0.3, 0.4) is 0 Å². The van der Waals surface area contributed by atoms with E-state index >= 15 is 0 Å². The number of rotatable bonds is 5. The van der Waals surface area contributed by atoms with E-state index in [4.69, 9.17) is 16.0 Å². The van der Waals surface area contributed by atoms with Gasteiger partial charge in [-0.1, -0.05) is 30.3 Å². The number of nitrogens with zero attached hydrogens (tertiary/aromatic N) is 1. The van der Waals surface area contributed by atoms with Gasteiger partial charge in [0.05, 0.1) is 6.42 Å². The fourth-order valence-corrected chi connectivity index (χ4v) is 2.09. The van der Waals surface area contributed by atoms with Crippen LogP contribution in [0.5, 0.6) is 0 Å². The Labute approximate surface area is 109 Å². The van der Waals surface area contributed by atoms with Crippen molar-refractivity contribution in [3.8, 4) is 0 Å². The first-order chi connectivity index (χ1) is 8.88. The summed E-state index contributed by atoms with van der Waals surface area (Å²) in [6.07, 6.45) is 3.88. The molecule has 1 saturated heterocycles. The molecule has 1 aliphatic heterocycles. The maximum absolute atomic E-state index is 7.23. The molecule has 0 spiro atoms. The van der Waals surface area contributed by atoms with Crippen LogP contribution in [-0.2, 0) is 15.9 Å². The Morgan fingerprint density at radius 2 is 2.17 bits per heavy atom. The van der Waals surface area contributed by atoms with Gasteiger partial charge in [-0.05, 0) is 24.8 Å². The van der Waals surface area contributed by atoms with E-state index in [9.17, 15) is 0 Å². The first kappa shape index (κ1) is 13.1. The van der Waals surface area contributed by atoms with Crippen LogP contribution in [0.1, 0.15) is 24.8 Å². The molecule has 2 unspecified atom stereocenters. The molecular formula is C15H19NO2. The van der Waals surface area contributed by atoms with Gasteiger partial charge in [0.15, 0.2) is 6.29 Å². The predicted molar refractivity (Wildman–Crippen MR) is 70.1 cm³/mol. The zero-order chi connectivity index (χ0) is 12.6. The summed E-state index contributed by atoms with van der Waals surface area (Å²) < 4.78 is 11.2. The number of hydrogen-bond acceptors (Lipinski definition) is 2. The summed E-state index contributed by atoms with van der Waals surface area (Å²) in [5, 5.41) is 0. The molecule has 0 radical (unpaired) electrons. The monoisotopic (exact) mass is 245 g/mol. The lowest BCUT2D eigenvalue weighted by atomic mass is 10.1. The highest BCUT2D eigenvalue weighted by atomic mass is 16.7. The Hall–Kier alpha value is -1.37. The molecule has 0 aromatic heterocycles. The van der Waals surface area contributed by atoms with E-state index in [-0.39, 0.29) is 12.3 Å². The van der Waals surface area contributed by atoms with Crippen molar-refractivity contribution < 1.29 is 9.47 Å². The maximum Gasteiger partial charge on any atom is 0.250 e. The number of benzene rings is 1. The van der Waals surface area contributed by atoms with E-state index in [0.29, 0.717) is 6.61 Å². The van der Waals surface area contributed by atoms with E-state index in [1.54, 1.807) is 0 Å². The van der Waals surface area contributed by atoms with Gasteiger partial charge in [-0.15, -0.1) is 0 Å². The van der Waals surface area contributed by atoms with Gasteiger partial charge in [-0.2, -0.15) is 0 Å². The highest BCUT2D eigenvalue weighted by Crippen LogP contribution is 2.15. The summed E-state index contributed by atoms with van der Waals surface area (Å²) in [6, 6.07) is 9.98. The Morgan fingerprint density at radius 1 is 1.33 bits per heavy atom. The van der Waals surface area contributed by atoms with Crippen LogP contribution in [0.2, 0.25) is 0 Å². The largest absolute Gasteiger partial charge is 0.353 e. The molecule has 1 aromatic carbocycles. The number of ether oxygens (including phenoxy) is 2. The second-order valence-corrected chi connectivity index (χ2v) is 4.60. The summed E-state index contributed by atoms with van der Waals surface area (Å²) in [5.41, 5.74) is 1.19. The third-order valence-corrected chi connectivity index (χ3v) is 3.11. The van der Waals surface area contributed by atoms with Crippen molar-refractivity contribution in [1.82, 2.24) is 0 Å². The molecular weight excluding hydrogens is 226 g/mol. The normalized spacial score (nSPS) is 21.2. The Kier molecular flexibility index (Phi) is 5.19. The van der Waals surface area contributed by atoms with Gasteiger partial charge in [0.2, 0.25) is 0 Å². The van der Waals surface area contributed by atoms with Gasteiger partial charge >= 0.3 is 0 Å². The van der Waals surface area contributed by atoms with Crippen molar-refractivity contribution in [2.45, 2.75) is 38.0 Å². The minimum absolute atomic E-state index is 0.0984. The fourth-order valence-electron chi connectivity index (χ4n) is 2.09. The van der Waals surface area contributed by atoms with Crippen molar-refractivity contribution in [1.29, 1.82) is 0 Å². The molecule has 1 aromatic rings. The van der Waals surface area contributed by atoms with Crippen LogP contribution < -0.4 is 0 Å². The first-order valence-corrected chi connectivity index (χ1v) is 6.52. The van der Waals surface area contributed by atoms with Gasteiger partial charge in [0, 0.05) is 6.61 Å². The Morgan fingerprint density at radius 3 is 2.83 bits per heavy atom. The van der Waals surface area contributed by atoms with Crippen LogP contribution in [0.4, 0.5) is 0 Å². The van der Waals surface area contributed by atoms with Crippen molar-refractivity contribution >= 4 is 0 Å². The zero-order valence-electron chi connectivity index (χ0n) is 10.5. The zero-order valence-corrected chi connectivity index (χ0v) is 10.5. The molecule has 0 aliphatic carbocycles. The third-order valence-electron chi connectivity index (χ3n) is 3.11. The molecule has 3 nitrogen and oxygen atoms in total. The van der Waals surface area contributed by atoms with Crippen LogP contribution in [0.25, 0.3) is 4.85 Å². The molecule has 1 fully saturated rings. The van der Waals surface area contributed by atoms with E-state index in [2.05, 4.69) is 17.0 Å². The van der Waals surface area contributed by atoms with Crippen LogP contribution in [0.15, 0.2) is 30.3 Å². The van der Waals surface area contributed by atoms with Crippen LogP contribution in [0, 0.1) is 6.57 Å². The van der Waals surface area contributed by atoms with Crippen molar-refractivity contribution in [2.75, 3.05) is 13.2 Å². The lowest BCUT2D eigenvalue weighted by Crippen LogP contribution is -2.26. The highest BCUT2D eigenvalue weighted by Gasteiger charge is 2.19. The molecule has 96 valence electrons. The molecule has 18 heavy (non-hydrogen) atoms. The van der Waals surface area contributed by atoms with Gasteiger partial charge in [-0.25, -0.2) is 6.57 Å². The van der Waals surface area contributed by atoms with Crippen molar-refractivity contribution in [3.05, 3.63) is 47.3 Å². The lowest BCUT2D eigenvalue weighted by molar-refractivity contribution is -0.163. The summed E-state index contributed by atoms with van der Waals surface area (Å²) in [7, 11) is 0. The fraction of sp³-hybridized carbons (Fsp3) is 0.533. The van der Waals surface area contributed by atoms with Gasteiger partial charge in [-0.3, -0.25) is 0 Å². The summed E-state index contributed by atoms with van der Waals surface area (Å²) in [4.78, 5) is 3.64. The van der Waals surface area contributed by atoms with Crippen molar-refractivity contribution in [3.63, 3.8) is 0 Å². The first-order valence-electron chi connectivity index (χ1n) is 6.52. The SMILES string of the molecule is [C-]#[N+]C(COC1CCCCO1)Cc1ccccc1. The molecule has 0 bridgehead atoms. The van der Waals surface area contributed by atoms with Crippen LogP contribution in [-0.4, -0.2) is 25.5 Å². The Balaban J connectivity index is 1.77. The predicted octanol–water partition coefficient (Wildman–Crippen LogP) is 3.06. The van der Waals surface area contributed by atoms with E-state index in [0.717, 1.165) is 32.3 Å². The van der Waals surface area contributed by atoms with Gasteiger partial charge in [0.25, 0.3) is 6.04 Å². The van der Waals surface area contributed by atoms with Crippen LogP contribution >= 0.6 is 0 Å². The molecule has 3 heteroatoms.